The number of unbranched alkanes of at least 4 members (excludes halogenated alkanes) is 1. The molecule has 6 nitrogen and oxygen atoms in total. The number of nitrogens with two attached hydrogens (primary N) is 1. The SMILES string of the molecule is CCCCOC(=O)CSc1nnc(CN)n1C. The third-order valence-electron chi connectivity index (χ3n) is 2.19. The number of thioether (sulfide) groups is 1. The van der Waals surface area contributed by atoms with E-state index in [0.717, 1.165) is 12.8 Å². The Morgan fingerprint density at radius 2 is 2.29 bits per heavy atom. The van der Waals surface area contributed by atoms with E-state index in [-0.39, 0.29) is 11.7 Å². The van der Waals surface area contributed by atoms with Gasteiger partial charge in [-0.05, 0) is 6.42 Å². The maximum absolute atomic E-state index is 11.4. The van der Waals surface area contributed by atoms with Gasteiger partial charge in [0.15, 0.2) is 5.16 Å². The molecule has 7 heteroatoms. The third-order valence-corrected chi connectivity index (χ3v) is 3.18. The van der Waals surface area contributed by atoms with Crippen LogP contribution in [0, 0.1) is 0 Å². The number of hydrogen-bond acceptors (Lipinski definition) is 6. The van der Waals surface area contributed by atoms with E-state index in [0.29, 0.717) is 24.1 Å². The molecular weight excluding hydrogens is 240 g/mol. The van der Waals surface area contributed by atoms with Crippen LogP contribution in [0.3, 0.4) is 0 Å². The fraction of sp³-hybridized carbons (Fsp3) is 0.700. The molecule has 0 aliphatic heterocycles. The summed E-state index contributed by atoms with van der Waals surface area (Å²) < 4.78 is 6.82. The quantitative estimate of drug-likeness (QED) is 0.440. The number of nitrogens with zero attached hydrogens (tertiary/aromatic N) is 3. The zero-order chi connectivity index (χ0) is 12.7. The van der Waals surface area contributed by atoms with Gasteiger partial charge in [0, 0.05) is 7.05 Å². The molecule has 0 aliphatic rings. The molecule has 0 aromatic carbocycles. The van der Waals surface area contributed by atoms with E-state index in [1.54, 1.807) is 4.57 Å². The van der Waals surface area contributed by atoms with Gasteiger partial charge in [-0.15, -0.1) is 10.2 Å². The fourth-order valence-corrected chi connectivity index (χ4v) is 1.87. The van der Waals surface area contributed by atoms with Crippen molar-refractivity contribution in [2.45, 2.75) is 31.5 Å². The monoisotopic (exact) mass is 258 g/mol. The molecule has 0 radical (unpaired) electrons. The van der Waals surface area contributed by atoms with E-state index in [1.807, 2.05) is 7.05 Å². The summed E-state index contributed by atoms with van der Waals surface area (Å²) in [6.07, 6.45) is 1.92. The van der Waals surface area contributed by atoms with Crippen LogP contribution in [0.2, 0.25) is 0 Å². The molecule has 96 valence electrons. The number of ether oxygens (including phenoxy) is 1. The highest BCUT2D eigenvalue weighted by Gasteiger charge is 2.10. The van der Waals surface area contributed by atoms with Crippen LogP contribution in [0.5, 0.6) is 0 Å². The lowest BCUT2D eigenvalue weighted by Crippen LogP contribution is -2.09. The predicted molar refractivity (Wildman–Crippen MR) is 65.5 cm³/mol. The summed E-state index contributed by atoms with van der Waals surface area (Å²) in [6.45, 7) is 2.88. The van der Waals surface area contributed by atoms with E-state index >= 15 is 0 Å². The summed E-state index contributed by atoms with van der Waals surface area (Å²) in [5, 5.41) is 8.52. The first-order valence-electron chi connectivity index (χ1n) is 5.55. The first kappa shape index (κ1) is 14.0. The van der Waals surface area contributed by atoms with Gasteiger partial charge in [-0.2, -0.15) is 0 Å². The highest BCUT2D eigenvalue weighted by atomic mass is 32.2. The second-order valence-corrected chi connectivity index (χ2v) is 4.47. The smallest absolute Gasteiger partial charge is 0.316 e. The lowest BCUT2D eigenvalue weighted by atomic mass is 10.4. The molecule has 0 atom stereocenters. The molecular formula is C10H18N4O2S. The molecule has 0 amide bonds. The Morgan fingerprint density at radius 1 is 1.53 bits per heavy atom. The van der Waals surface area contributed by atoms with E-state index < -0.39 is 0 Å². The van der Waals surface area contributed by atoms with Crippen molar-refractivity contribution in [2.24, 2.45) is 12.8 Å². The molecule has 1 aromatic rings. The molecule has 1 aromatic heterocycles. The van der Waals surface area contributed by atoms with Crippen molar-refractivity contribution in [2.75, 3.05) is 12.4 Å². The summed E-state index contributed by atoms with van der Waals surface area (Å²) in [5.74, 6) is 0.730. The average Bonchev–Trinajstić information content (AvgIpc) is 2.68. The molecule has 2 N–H and O–H groups in total. The van der Waals surface area contributed by atoms with E-state index in [9.17, 15) is 4.79 Å². The Balaban J connectivity index is 2.34. The van der Waals surface area contributed by atoms with E-state index in [2.05, 4.69) is 17.1 Å². The fourth-order valence-electron chi connectivity index (χ4n) is 1.14. The Bertz CT molecular complexity index is 367. The zero-order valence-corrected chi connectivity index (χ0v) is 11.0. The van der Waals surface area contributed by atoms with Crippen molar-refractivity contribution >= 4 is 17.7 Å². The molecule has 0 saturated heterocycles. The summed E-state index contributed by atoms with van der Waals surface area (Å²) in [4.78, 5) is 11.4. The van der Waals surface area contributed by atoms with Crippen molar-refractivity contribution in [3.8, 4) is 0 Å². The van der Waals surface area contributed by atoms with Gasteiger partial charge in [-0.3, -0.25) is 4.79 Å². The summed E-state index contributed by atoms with van der Waals surface area (Å²) in [7, 11) is 1.83. The molecule has 0 fully saturated rings. The summed E-state index contributed by atoms with van der Waals surface area (Å²) >= 11 is 1.31. The molecule has 17 heavy (non-hydrogen) atoms. The topological polar surface area (TPSA) is 83.0 Å². The number of carbonyl (C=O) groups is 1. The largest absolute Gasteiger partial charge is 0.465 e. The van der Waals surface area contributed by atoms with Crippen LogP contribution < -0.4 is 5.73 Å². The summed E-state index contributed by atoms with van der Waals surface area (Å²) in [6, 6.07) is 0. The van der Waals surface area contributed by atoms with Crippen molar-refractivity contribution in [1.29, 1.82) is 0 Å². The van der Waals surface area contributed by atoms with Crippen molar-refractivity contribution in [1.82, 2.24) is 14.8 Å². The van der Waals surface area contributed by atoms with Crippen LogP contribution in [0.1, 0.15) is 25.6 Å². The average molecular weight is 258 g/mol. The van der Waals surface area contributed by atoms with Gasteiger partial charge in [0.05, 0.1) is 18.9 Å². The normalized spacial score (nSPS) is 10.5. The van der Waals surface area contributed by atoms with Gasteiger partial charge in [0.2, 0.25) is 0 Å². The van der Waals surface area contributed by atoms with Gasteiger partial charge in [-0.25, -0.2) is 0 Å². The van der Waals surface area contributed by atoms with Gasteiger partial charge in [0.25, 0.3) is 0 Å². The van der Waals surface area contributed by atoms with Gasteiger partial charge < -0.3 is 15.0 Å². The summed E-state index contributed by atoms with van der Waals surface area (Å²) in [5.41, 5.74) is 5.48. The number of esters is 1. The zero-order valence-electron chi connectivity index (χ0n) is 10.2. The first-order chi connectivity index (χ1) is 8.19. The highest BCUT2D eigenvalue weighted by Crippen LogP contribution is 2.15. The minimum atomic E-state index is -0.222. The molecule has 1 heterocycles. The molecule has 0 unspecified atom stereocenters. The number of aromatic nitrogens is 3. The molecule has 0 saturated carbocycles. The standard InChI is InChI=1S/C10H18N4O2S/c1-3-4-5-16-9(15)7-17-10-13-12-8(6-11)14(10)2/h3-7,11H2,1-2H3. The predicted octanol–water partition coefficient (Wildman–Crippen LogP) is 0.709. The first-order valence-corrected chi connectivity index (χ1v) is 6.54. The maximum Gasteiger partial charge on any atom is 0.316 e. The highest BCUT2D eigenvalue weighted by molar-refractivity contribution is 7.99. The minimum Gasteiger partial charge on any atom is -0.465 e. The van der Waals surface area contributed by atoms with Crippen LogP contribution in [-0.4, -0.2) is 33.1 Å². The van der Waals surface area contributed by atoms with Gasteiger partial charge in [0.1, 0.15) is 5.82 Å². The van der Waals surface area contributed by atoms with E-state index in [1.165, 1.54) is 11.8 Å². The molecule has 1 rings (SSSR count). The second-order valence-electron chi connectivity index (χ2n) is 3.52. The van der Waals surface area contributed by atoms with Crippen molar-refractivity contribution in [3.05, 3.63) is 5.82 Å². The second kappa shape index (κ2) is 7.29. The molecule has 0 aliphatic carbocycles. The Kier molecular flexibility index (Phi) is 5.99. The lowest BCUT2D eigenvalue weighted by molar-refractivity contribution is -0.140. The van der Waals surface area contributed by atoms with Crippen molar-refractivity contribution in [3.63, 3.8) is 0 Å². The lowest BCUT2D eigenvalue weighted by Gasteiger charge is -2.03. The minimum absolute atomic E-state index is 0.222. The van der Waals surface area contributed by atoms with Gasteiger partial charge in [-0.1, -0.05) is 25.1 Å². The van der Waals surface area contributed by atoms with Crippen LogP contribution in [0.25, 0.3) is 0 Å². The van der Waals surface area contributed by atoms with Crippen LogP contribution >= 0.6 is 11.8 Å². The Labute approximate surface area is 105 Å². The third kappa shape index (κ3) is 4.35. The molecule has 0 bridgehead atoms. The van der Waals surface area contributed by atoms with Crippen LogP contribution in [0.15, 0.2) is 5.16 Å². The van der Waals surface area contributed by atoms with Crippen LogP contribution in [0.4, 0.5) is 0 Å². The maximum atomic E-state index is 11.4. The van der Waals surface area contributed by atoms with Crippen molar-refractivity contribution < 1.29 is 9.53 Å². The number of carbonyl (C=O) groups excluding carboxylic acids is 1. The van der Waals surface area contributed by atoms with Crippen LogP contribution in [-0.2, 0) is 23.1 Å². The molecule has 0 spiro atoms. The van der Waals surface area contributed by atoms with E-state index in [4.69, 9.17) is 10.5 Å². The Morgan fingerprint density at radius 3 is 2.88 bits per heavy atom. The number of hydrogen-bond donors (Lipinski definition) is 1. The Hall–Kier alpha value is -1.08. The number of rotatable bonds is 7. The van der Waals surface area contributed by atoms with Gasteiger partial charge >= 0.3 is 5.97 Å².